The monoisotopic (exact) mass is 1750 g/mol. The highest BCUT2D eigenvalue weighted by Gasteiger charge is 2.64. The van der Waals surface area contributed by atoms with Crippen LogP contribution >= 0.6 is 0 Å². The fraction of sp³-hybridized carbons (Fsp3) is 0.313. The number of aldehydes is 1. The number of phenolic OH excluding ortho intramolecular Hbond substituents is 3. The van der Waals surface area contributed by atoms with Crippen molar-refractivity contribution in [3.8, 4) is 51.7 Å². The van der Waals surface area contributed by atoms with Crippen LogP contribution in [0.2, 0.25) is 0 Å². The number of fused-ring (bicyclic) bond motifs is 1. The number of aliphatic hydroxyl groups excluding tert-OH is 1. The molecule has 0 spiro atoms. The normalized spacial score (nSPS) is 14.8. The van der Waals surface area contributed by atoms with Gasteiger partial charge in [0.1, 0.15) is 77.9 Å². The maximum Gasteiger partial charge on any atom is 0.495 e. The number of phenols is 3. The van der Waals surface area contributed by atoms with E-state index in [0.29, 0.717) is 69.4 Å². The van der Waals surface area contributed by atoms with Crippen LogP contribution in [-0.2, 0) is 94.2 Å². The minimum Gasteiger partial charge on any atom is -0.508 e. The van der Waals surface area contributed by atoms with Crippen LogP contribution in [0.25, 0.3) is 19.4 Å². The summed E-state index contributed by atoms with van der Waals surface area (Å²) in [5.74, 6) is 3.41. The Kier molecular flexibility index (Phi) is 37.2. The summed E-state index contributed by atoms with van der Waals surface area (Å²) in [6, 6.07) is 59.4. The predicted octanol–water partition coefficient (Wildman–Crippen LogP) is 20.3. The Morgan fingerprint density at radius 3 is 1.05 bits per heavy atom. The summed E-state index contributed by atoms with van der Waals surface area (Å²) in [7, 11) is -2.35. The van der Waals surface area contributed by atoms with Gasteiger partial charge in [-0.2, -0.15) is 0 Å². The summed E-state index contributed by atoms with van der Waals surface area (Å²) in [4.78, 5) is 56.3. The van der Waals surface area contributed by atoms with Crippen LogP contribution in [0.15, 0.2) is 206 Å². The number of aromatic hydroxyl groups is 3. The quantitative estimate of drug-likeness (QED) is 0.0197. The van der Waals surface area contributed by atoms with Crippen molar-refractivity contribution in [2.45, 2.75) is 205 Å². The molecule has 0 bridgehead atoms. The molecule has 10 aromatic rings. The first-order chi connectivity index (χ1) is 60.7. The van der Waals surface area contributed by atoms with Crippen molar-refractivity contribution in [2.75, 3.05) is 0 Å². The Hall–Kier alpha value is -13.1. The number of carbonyl (C=O) groups is 4. The molecule has 26 nitrogen and oxygen atoms in total. The molecular formula is C99H110B4N4O22. The molecule has 30 heteroatoms. The molecule has 0 unspecified atom stereocenters. The molecule has 14 rings (SSSR count). The van der Waals surface area contributed by atoms with E-state index in [4.69, 9.17) is 108 Å². The smallest absolute Gasteiger partial charge is 0.495 e. The third-order valence-electron chi connectivity index (χ3n) is 21.8. The molecule has 4 aliphatic heterocycles. The summed E-state index contributed by atoms with van der Waals surface area (Å²) in [6.07, 6.45) is 0.731. The maximum atomic E-state index is 11.4. The molecule has 129 heavy (non-hydrogen) atoms. The summed E-state index contributed by atoms with van der Waals surface area (Å²) < 4.78 is 73.7. The third-order valence-corrected chi connectivity index (χ3v) is 21.8. The molecular weight excluding hydrogens is 1640 g/mol. The highest BCUT2D eigenvalue weighted by Crippen LogP contribution is 2.44. The van der Waals surface area contributed by atoms with Crippen LogP contribution in [0.5, 0.6) is 51.7 Å². The van der Waals surface area contributed by atoms with Gasteiger partial charge in [0.05, 0.1) is 73.1 Å². The Morgan fingerprint density at radius 2 is 0.682 bits per heavy atom. The van der Waals surface area contributed by atoms with Crippen molar-refractivity contribution in [3.63, 3.8) is 0 Å². The van der Waals surface area contributed by atoms with E-state index in [9.17, 15) is 24.2 Å². The highest BCUT2D eigenvalue weighted by molar-refractivity contribution is 7.11. The van der Waals surface area contributed by atoms with E-state index in [1.165, 1.54) is 32.4 Å². The summed E-state index contributed by atoms with van der Waals surface area (Å²) in [5, 5.41) is 45.3. The Labute approximate surface area is 757 Å². The predicted molar refractivity (Wildman–Crippen MR) is 496 cm³/mol. The number of ether oxygens (including phenoxy) is 6. The Bertz CT molecular complexity index is 5580. The number of benzene rings is 10. The van der Waals surface area contributed by atoms with E-state index in [1.54, 1.807) is 133 Å². The van der Waals surface area contributed by atoms with Gasteiger partial charge in [-0.15, -0.1) is 0 Å². The van der Waals surface area contributed by atoms with Gasteiger partial charge in [-0.1, -0.05) is 103 Å². The molecule has 0 radical (unpaired) electrons. The van der Waals surface area contributed by atoms with E-state index >= 15 is 0 Å². The van der Waals surface area contributed by atoms with Gasteiger partial charge in [-0.3, -0.25) is 19.2 Å². The Morgan fingerprint density at radius 1 is 0.380 bits per heavy atom. The van der Waals surface area contributed by atoms with Gasteiger partial charge in [0.15, 0.2) is 22.7 Å². The SMILES string of the molecule is CC(=O)OCc1cc(O)ccc1C.CC1(C)OB(B2OC(C)(C)C(C)(C)O2)OC1(C)C.Cc1ccc(O)cc1C=O.Cc1ccc(O)cc1CO.[C-]#[N+]c1ccc(C)cc1.[C-]#[N+]c1ccc(Oc2ccc(B3OC(C)(C)C(C)(C)O3)c(COC(C)=O)c2)cc1.[C-]#[N+]c1ccc(Oc2ccc(C)c(COC(C)=O)c2)cc1.[C-]#[N+]c1ccc(Oc2ccc3c(c2)COB3O)cc1. The second-order valence-corrected chi connectivity index (χ2v) is 33.3. The van der Waals surface area contributed by atoms with Gasteiger partial charge in [-0.05, 0) is 288 Å². The van der Waals surface area contributed by atoms with Gasteiger partial charge in [0.2, 0.25) is 0 Å². The lowest BCUT2D eigenvalue weighted by atomic mass is 9.49. The molecule has 0 aromatic heterocycles. The number of rotatable bonds is 16. The Balaban J connectivity index is 0.000000208. The lowest BCUT2D eigenvalue weighted by molar-refractivity contribution is -0.143. The zero-order valence-electron chi connectivity index (χ0n) is 76.5. The van der Waals surface area contributed by atoms with Crippen molar-refractivity contribution in [1.82, 2.24) is 0 Å². The third kappa shape index (κ3) is 30.9. The number of esters is 3. The van der Waals surface area contributed by atoms with Crippen LogP contribution in [0.3, 0.4) is 0 Å². The van der Waals surface area contributed by atoms with E-state index in [1.807, 2.05) is 184 Å². The minimum absolute atomic E-state index is 0.0137. The molecule has 0 atom stereocenters. The topological polar surface area (TPSA) is 307 Å². The van der Waals surface area contributed by atoms with Crippen molar-refractivity contribution in [3.05, 3.63) is 313 Å². The fourth-order valence-corrected chi connectivity index (χ4v) is 11.8. The lowest BCUT2D eigenvalue weighted by Crippen LogP contribution is -2.41. The van der Waals surface area contributed by atoms with Crippen LogP contribution < -0.4 is 25.1 Å². The largest absolute Gasteiger partial charge is 0.508 e. The first-order valence-electron chi connectivity index (χ1n) is 41.2. The first kappa shape index (κ1) is 103. The number of carbonyl (C=O) groups excluding carboxylic acids is 4. The van der Waals surface area contributed by atoms with Crippen molar-refractivity contribution in [1.29, 1.82) is 0 Å². The van der Waals surface area contributed by atoms with Crippen molar-refractivity contribution in [2.24, 2.45) is 0 Å². The summed E-state index contributed by atoms with van der Waals surface area (Å²) in [5.41, 5.74) is 11.4. The van der Waals surface area contributed by atoms with E-state index in [2.05, 4.69) is 19.4 Å². The van der Waals surface area contributed by atoms with Crippen molar-refractivity contribution < 1.29 is 106 Å². The average Bonchev–Trinajstić information content (AvgIpc) is 1.59. The average molecular weight is 1750 g/mol. The van der Waals surface area contributed by atoms with Crippen LogP contribution in [0.1, 0.15) is 170 Å². The van der Waals surface area contributed by atoms with Gasteiger partial charge in [0, 0.05) is 26.3 Å². The fourth-order valence-electron chi connectivity index (χ4n) is 11.8. The van der Waals surface area contributed by atoms with E-state index in [0.717, 1.165) is 67.3 Å². The second kappa shape index (κ2) is 46.6. The van der Waals surface area contributed by atoms with Crippen LogP contribution in [0.4, 0.5) is 22.7 Å². The molecule has 670 valence electrons. The zero-order valence-corrected chi connectivity index (χ0v) is 76.5. The van der Waals surface area contributed by atoms with Gasteiger partial charge in [0.25, 0.3) is 0 Å². The van der Waals surface area contributed by atoms with E-state index < -0.39 is 39.5 Å². The number of aryl methyl sites for hydroxylation is 5. The van der Waals surface area contributed by atoms with Gasteiger partial charge >= 0.3 is 46.2 Å². The van der Waals surface area contributed by atoms with Crippen LogP contribution in [0, 0.1) is 60.9 Å². The molecule has 0 aliphatic carbocycles. The lowest BCUT2D eigenvalue weighted by Gasteiger charge is -2.32. The number of nitrogens with zero attached hydrogens (tertiary/aromatic N) is 4. The molecule has 3 saturated heterocycles. The molecule has 0 amide bonds. The van der Waals surface area contributed by atoms with E-state index in [-0.39, 0.29) is 84.0 Å². The first-order valence-corrected chi connectivity index (χ1v) is 41.2. The number of aliphatic hydroxyl groups is 1. The highest BCUT2D eigenvalue weighted by atomic mass is 16.7. The molecule has 3 fully saturated rings. The molecule has 10 aromatic carbocycles. The molecule has 4 heterocycles. The van der Waals surface area contributed by atoms with Gasteiger partial charge in [-0.25, -0.2) is 19.4 Å². The number of hydrogen-bond acceptors (Lipinski definition) is 22. The summed E-state index contributed by atoms with van der Waals surface area (Å²) >= 11 is 0. The molecule has 4 aliphatic rings. The zero-order chi connectivity index (χ0) is 95.4. The van der Waals surface area contributed by atoms with Crippen LogP contribution in [-0.4, -0.2) is 112 Å². The molecule has 0 saturated carbocycles. The van der Waals surface area contributed by atoms with Gasteiger partial charge < -0.3 is 86.5 Å². The van der Waals surface area contributed by atoms with Crippen molar-refractivity contribution >= 4 is 86.1 Å². The standard InChI is InChI=1S/C22H24BNO5.C17H15NO3.C14H10BNO3.C12H24B2O4.C10H12O3.C8H7N.C8H10O2.C8H8O2/c1-15(25)26-14-16-13-19(27-18-9-7-17(24-6)8-10-18)11-12-20(16)23-28-21(2,3)22(4,5)29-23;1-12-4-7-17(10-14(12)11-20-13(2)19)21-16-8-5-15(18-3)6-9-16;1-16-11-2-4-12(5-3-11)19-13-6-7-14-10(8-13)9-18-15(14)17;1-9(2)10(3,4)16-13(15-9)14-17-11(5,6)12(7,8)18-14;1-7-3-4-10(12)5-9(7)6-13-8(2)11;1-7-3-5-8(9-2)6-4-7;2*1-6-2-3-8(10)4-7(6)5-9/h7-13H,14H2,1-5H3;4-10H,11H2,1-2H3;2-8,17H,9H2;1-8H3;3-5,12H,6H2,1-2H3;3-6H,1H3;2-4,9-10H,5H2,1H3;2-5,10H,1H3. The second-order valence-electron chi connectivity index (χ2n) is 33.3. The maximum absolute atomic E-state index is 11.4. The molecule has 5 N–H and O–H groups in total. The summed E-state index contributed by atoms with van der Waals surface area (Å²) in [6.45, 7) is 66.2. The number of hydrogen-bond donors (Lipinski definition) is 5. The minimum atomic E-state index is -0.831.